The zero-order valence-electron chi connectivity index (χ0n) is 26.3. The lowest BCUT2D eigenvalue weighted by molar-refractivity contribution is 1.29. The van der Waals surface area contributed by atoms with E-state index in [1.165, 1.54) is 64.3 Å². The number of fused-ring (bicyclic) bond motifs is 4. The van der Waals surface area contributed by atoms with Crippen LogP contribution in [0.1, 0.15) is 0 Å². The highest BCUT2D eigenvalue weighted by molar-refractivity contribution is 7.25. The van der Waals surface area contributed by atoms with E-state index in [1.54, 1.807) is 0 Å². The molecule has 0 N–H and O–H groups in total. The molecule has 0 amide bonds. The summed E-state index contributed by atoms with van der Waals surface area (Å²) < 4.78 is 2.60. The maximum atomic E-state index is 2.40. The summed E-state index contributed by atoms with van der Waals surface area (Å²) in [4.78, 5) is 2.40. The zero-order chi connectivity index (χ0) is 31.9. The molecule has 0 aliphatic heterocycles. The van der Waals surface area contributed by atoms with E-state index in [2.05, 4.69) is 193 Å². The molecule has 0 radical (unpaired) electrons. The Kier molecular flexibility index (Phi) is 7.07. The van der Waals surface area contributed by atoms with Crippen LogP contribution in [-0.2, 0) is 0 Å². The number of thiophene rings is 1. The van der Waals surface area contributed by atoms with Gasteiger partial charge in [0.25, 0.3) is 0 Å². The Morgan fingerprint density at radius 2 is 0.854 bits per heavy atom. The van der Waals surface area contributed by atoms with Crippen LogP contribution in [-0.4, -0.2) is 0 Å². The summed E-state index contributed by atoms with van der Waals surface area (Å²) in [7, 11) is 0. The van der Waals surface area contributed by atoms with Crippen molar-refractivity contribution in [3.63, 3.8) is 0 Å². The highest BCUT2D eigenvalue weighted by atomic mass is 32.1. The van der Waals surface area contributed by atoms with Gasteiger partial charge in [0.15, 0.2) is 0 Å². The number of anilines is 3. The minimum atomic E-state index is 1.12. The number of nitrogens with zero attached hydrogens (tertiary/aromatic N) is 1. The van der Waals surface area contributed by atoms with E-state index < -0.39 is 0 Å². The fourth-order valence-corrected chi connectivity index (χ4v) is 8.06. The molecule has 226 valence electrons. The van der Waals surface area contributed by atoms with Crippen molar-refractivity contribution in [2.24, 2.45) is 0 Å². The van der Waals surface area contributed by atoms with Crippen LogP contribution in [0.25, 0.3) is 64.3 Å². The number of hydrogen-bond donors (Lipinski definition) is 0. The predicted octanol–water partition coefficient (Wildman–Crippen LogP) is 13.7. The van der Waals surface area contributed by atoms with Gasteiger partial charge in [-0.15, -0.1) is 11.3 Å². The third kappa shape index (κ3) is 5.13. The molecule has 1 aromatic heterocycles. The molecule has 0 unspecified atom stereocenters. The Labute approximate surface area is 284 Å². The van der Waals surface area contributed by atoms with Gasteiger partial charge in [-0.05, 0) is 92.7 Å². The van der Waals surface area contributed by atoms with E-state index in [4.69, 9.17) is 0 Å². The van der Waals surface area contributed by atoms with Crippen molar-refractivity contribution in [2.45, 2.75) is 0 Å². The second-order valence-electron chi connectivity index (χ2n) is 12.2. The maximum absolute atomic E-state index is 2.40. The van der Waals surface area contributed by atoms with E-state index in [1.807, 2.05) is 11.3 Å². The average molecular weight is 630 g/mol. The van der Waals surface area contributed by atoms with Crippen molar-refractivity contribution in [1.29, 1.82) is 0 Å². The number of hydrogen-bond acceptors (Lipinski definition) is 2. The first-order valence-corrected chi connectivity index (χ1v) is 17.2. The van der Waals surface area contributed by atoms with Crippen LogP contribution in [0.4, 0.5) is 17.1 Å². The predicted molar refractivity (Wildman–Crippen MR) is 208 cm³/mol. The summed E-state index contributed by atoms with van der Waals surface area (Å²) in [5.74, 6) is 0. The lowest BCUT2D eigenvalue weighted by Crippen LogP contribution is -2.10. The zero-order valence-corrected chi connectivity index (χ0v) is 27.1. The molecular weight excluding hydrogens is 599 g/mol. The Balaban J connectivity index is 1.18. The average Bonchev–Trinajstić information content (AvgIpc) is 3.53. The molecule has 8 aromatic carbocycles. The van der Waals surface area contributed by atoms with Gasteiger partial charge in [-0.25, -0.2) is 0 Å². The molecule has 48 heavy (non-hydrogen) atoms. The lowest BCUT2D eigenvalue weighted by Gasteiger charge is -2.26. The van der Waals surface area contributed by atoms with Crippen molar-refractivity contribution < 1.29 is 0 Å². The lowest BCUT2D eigenvalue weighted by atomic mass is 9.95. The van der Waals surface area contributed by atoms with E-state index in [9.17, 15) is 0 Å². The summed E-state index contributed by atoms with van der Waals surface area (Å²) in [5, 5.41) is 5.14. The molecule has 0 aliphatic rings. The second kappa shape index (κ2) is 12.0. The van der Waals surface area contributed by atoms with Gasteiger partial charge in [0.1, 0.15) is 0 Å². The van der Waals surface area contributed by atoms with Crippen molar-refractivity contribution in [3.8, 4) is 33.4 Å². The van der Waals surface area contributed by atoms with Gasteiger partial charge in [-0.3, -0.25) is 0 Å². The number of rotatable bonds is 6. The molecule has 0 atom stereocenters. The van der Waals surface area contributed by atoms with Crippen LogP contribution in [0.2, 0.25) is 0 Å². The van der Waals surface area contributed by atoms with Crippen molar-refractivity contribution in [3.05, 3.63) is 188 Å². The normalized spacial score (nSPS) is 11.3. The highest BCUT2D eigenvalue weighted by Gasteiger charge is 2.17. The van der Waals surface area contributed by atoms with Gasteiger partial charge in [0.2, 0.25) is 0 Å². The van der Waals surface area contributed by atoms with Crippen LogP contribution in [0.15, 0.2) is 188 Å². The van der Waals surface area contributed by atoms with Gasteiger partial charge in [-0.2, -0.15) is 0 Å². The molecule has 0 fully saturated rings. The van der Waals surface area contributed by atoms with Crippen LogP contribution >= 0.6 is 11.3 Å². The molecule has 0 saturated carbocycles. The van der Waals surface area contributed by atoms with E-state index in [0.29, 0.717) is 0 Å². The Morgan fingerprint density at radius 3 is 1.67 bits per heavy atom. The van der Waals surface area contributed by atoms with Gasteiger partial charge in [0.05, 0.1) is 0 Å². The minimum absolute atomic E-state index is 1.12. The first kappa shape index (κ1) is 28.3. The smallest absolute Gasteiger partial charge is 0.0476 e. The monoisotopic (exact) mass is 629 g/mol. The third-order valence-electron chi connectivity index (χ3n) is 9.23. The van der Waals surface area contributed by atoms with Crippen LogP contribution < -0.4 is 4.90 Å². The summed E-state index contributed by atoms with van der Waals surface area (Å²) in [6, 6.07) is 68.2. The summed E-state index contributed by atoms with van der Waals surface area (Å²) in [5.41, 5.74) is 10.6. The summed E-state index contributed by atoms with van der Waals surface area (Å²) in [6.45, 7) is 0. The SMILES string of the molecule is c1ccc(-c2cccc(N(c3cccc(-c4cccc(-c5cccc6ccccc56)c4)c3)c3ccc4c(c3)sc3ccccc34)c2)cc1. The van der Waals surface area contributed by atoms with E-state index >= 15 is 0 Å². The molecular formula is C46H31NS. The quantitative estimate of drug-likeness (QED) is 0.177. The molecule has 1 heterocycles. The first-order chi connectivity index (χ1) is 23.8. The molecule has 0 spiro atoms. The Morgan fingerprint density at radius 1 is 0.312 bits per heavy atom. The van der Waals surface area contributed by atoms with Crippen LogP contribution in [0.5, 0.6) is 0 Å². The van der Waals surface area contributed by atoms with Crippen LogP contribution in [0.3, 0.4) is 0 Å². The third-order valence-corrected chi connectivity index (χ3v) is 10.4. The Hall–Kier alpha value is -5.96. The molecule has 0 bridgehead atoms. The highest BCUT2D eigenvalue weighted by Crippen LogP contribution is 2.42. The van der Waals surface area contributed by atoms with Crippen molar-refractivity contribution in [2.75, 3.05) is 4.90 Å². The van der Waals surface area contributed by atoms with Gasteiger partial charge < -0.3 is 4.90 Å². The van der Waals surface area contributed by atoms with Gasteiger partial charge in [0, 0.05) is 37.2 Å². The number of benzene rings is 8. The van der Waals surface area contributed by atoms with E-state index in [-0.39, 0.29) is 0 Å². The topological polar surface area (TPSA) is 3.24 Å². The van der Waals surface area contributed by atoms with E-state index in [0.717, 1.165) is 17.1 Å². The maximum Gasteiger partial charge on any atom is 0.0476 e. The standard InChI is InChI=1S/C46H31NS/c1-2-12-32(13-3-1)35-17-9-20-38(29-35)47(40-26-27-44-43-23-6-7-25-45(43)48-46(44)31-40)39-21-10-18-36(30-39)34-16-8-19-37(28-34)42-24-11-15-33-14-4-5-22-41(33)42/h1-31H. The molecule has 0 saturated heterocycles. The summed E-state index contributed by atoms with van der Waals surface area (Å²) >= 11 is 1.86. The first-order valence-electron chi connectivity index (χ1n) is 16.3. The molecule has 9 aromatic rings. The fraction of sp³-hybridized carbons (Fsp3) is 0. The molecule has 1 nitrogen and oxygen atoms in total. The minimum Gasteiger partial charge on any atom is -0.310 e. The molecule has 9 rings (SSSR count). The Bertz CT molecular complexity index is 2570. The molecule has 0 aliphatic carbocycles. The van der Waals surface area contributed by atoms with Crippen molar-refractivity contribution in [1.82, 2.24) is 0 Å². The van der Waals surface area contributed by atoms with Crippen molar-refractivity contribution >= 4 is 59.3 Å². The fourth-order valence-electron chi connectivity index (χ4n) is 6.92. The largest absolute Gasteiger partial charge is 0.310 e. The van der Waals surface area contributed by atoms with Gasteiger partial charge >= 0.3 is 0 Å². The van der Waals surface area contributed by atoms with Crippen LogP contribution in [0, 0.1) is 0 Å². The molecule has 2 heteroatoms. The van der Waals surface area contributed by atoms with Gasteiger partial charge in [-0.1, -0.05) is 140 Å². The summed E-state index contributed by atoms with van der Waals surface area (Å²) in [6.07, 6.45) is 0. The second-order valence-corrected chi connectivity index (χ2v) is 13.3.